The molecule has 35 heavy (non-hydrogen) atoms. The number of carboxylic acid groups (broad SMARTS) is 1. The van der Waals surface area contributed by atoms with Gasteiger partial charge in [0, 0.05) is 23.6 Å². The highest BCUT2D eigenvalue weighted by Crippen LogP contribution is 2.32. The number of aliphatic hydroxyl groups excluding tert-OH is 3. The van der Waals surface area contributed by atoms with Crippen molar-refractivity contribution in [1.82, 2.24) is 24.1 Å². The van der Waals surface area contributed by atoms with Gasteiger partial charge in [-0.05, 0) is 18.1 Å². The van der Waals surface area contributed by atoms with Gasteiger partial charge < -0.3 is 40.8 Å². The van der Waals surface area contributed by atoms with E-state index in [-0.39, 0.29) is 18.3 Å². The van der Waals surface area contributed by atoms with Gasteiger partial charge in [-0.1, -0.05) is 18.2 Å². The summed E-state index contributed by atoms with van der Waals surface area (Å²) < 4.78 is 8.73. The fraction of sp³-hybridized carbons (Fsp3) is 0.364. The fourth-order valence-electron chi connectivity index (χ4n) is 4.42. The average Bonchev–Trinajstić information content (AvgIpc) is 3.49. The lowest BCUT2D eigenvalue weighted by Crippen LogP contribution is -2.33. The molecular weight excluding hydrogens is 458 g/mol. The van der Waals surface area contributed by atoms with E-state index in [9.17, 15) is 25.2 Å². The highest BCUT2D eigenvalue weighted by Gasteiger charge is 2.44. The van der Waals surface area contributed by atoms with E-state index >= 15 is 0 Å². The molecule has 4 aromatic rings. The number of ether oxygens (including phenoxy) is 1. The molecule has 2 unspecified atom stereocenters. The van der Waals surface area contributed by atoms with Crippen LogP contribution in [0, 0.1) is 0 Å². The zero-order valence-corrected chi connectivity index (χ0v) is 18.5. The maximum absolute atomic E-state index is 11.2. The molecule has 13 heteroatoms. The summed E-state index contributed by atoms with van der Waals surface area (Å²) in [4.78, 5) is 24.1. The van der Waals surface area contributed by atoms with Gasteiger partial charge in [0.15, 0.2) is 17.7 Å². The molecular formula is C22H25N7O6. The predicted molar refractivity (Wildman–Crippen MR) is 125 cm³/mol. The van der Waals surface area contributed by atoms with Crippen LogP contribution in [0.5, 0.6) is 0 Å². The number of para-hydroxylation sites is 1. The van der Waals surface area contributed by atoms with E-state index < -0.39 is 37.1 Å². The number of nitrogens with two attached hydrogens (primary N) is 1. The van der Waals surface area contributed by atoms with Gasteiger partial charge >= 0.3 is 5.97 Å². The summed E-state index contributed by atoms with van der Waals surface area (Å²) in [7, 11) is 0. The van der Waals surface area contributed by atoms with Gasteiger partial charge in [0.25, 0.3) is 0 Å². The quantitative estimate of drug-likeness (QED) is 0.193. The predicted octanol–water partition coefficient (Wildman–Crippen LogP) is -0.286. The van der Waals surface area contributed by atoms with Crippen molar-refractivity contribution in [2.45, 2.75) is 37.5 Å². The molecule has 4 heterocycles. The molecule has 0 aliphatic carbocycles. The smallest absolute Gasteiger partial charge is 0.323 e. The van der Waals surface area contributed by atoms with Gasteiger partial charge in [0.2, 0.25) is 5.95 Å². The van der Waals surface area contributed by atoms with Crippen molar-refractivity contribution in [3.8, 4) is 0 Å². The number of imidazole rings is 1. The normalized spacial score (nSPS) is 22.3. The van der Waals surface area contributed by atoms with Crippen LogP contribution in [-0.2, 0) is 22.5 Å². The van der Waals surface area contributed by atoms with E-state index in [0.717, 1.165) is 16.5 Å². The molecule has 1 fully saturated rings. The topological polar surface area (TPSA) is 194 Å². The van der Waals surface area contributed by atoms with Crippen molar-refractivity contribution in [3.63, 3.8) is 0 Å². The van der Waals surface area contributed by atoms with Gasteiger partial charge in [0.05, 0.1) is 12.9 Å². The molecule has 7 N–H and O–H groups in total. The van der Waals surface area contributed by atoms with E-state index in [0.29, 0.717) is 24.1 Å². The van der Waals surface area contributed by atoms with Crippen LogP contribution in [0.1, 0.15) is 11.8 Å². The van der Waals surface area contributed by atoms with E-state index in [4.69, 9.17) is 10.5 Å². The van der Waals surface area contributed by atoms with Crippen LogP contribution in [0.3, 0.4) is 0 Å². The zero-order chi connectivity index (χ0) is 24.7. The molecule has 0 amide bonds. The van der Waals surface area contributed by atoms with Gasteiger partial charge in [-0.2, -0.15) is 9.97 Å². The molecule has 5 rings (SSSR count). The molecule has 0 saturated carbocycles. The van der Waals surface area contributed by atoms with Crippen molar-refractivity contribution in [3.05, 3.63) is 42.4 Å². The number of aromatic nitrogens is 5. The van der Waals surface area contributed by atoms with Crippen LogP contribution in [0.25, 0.3) is 22.1 Å². The van der Waals surface area contributed by atoms with E-state index in [1.54, 1.807) is 4.57 Å². The Morgan fingerprint density at radius 2 is 2.00 bits per heavy atom. The Balaban J connectivity index is 1.36. The molecule has 0 bridgehead atoms. The number of aliphatic carboxylic acids is 1. The second-order valence-corrected chi connectivity index (χ2v) is 8.36. The molecule has 3 aromatic heterocycles. The molecule has 184 valence electrons. The third kappa shape index (κ3) is 4.14. The molecule has 0 spiro atoms. The molecule has 1 aromatic carbocycles. The lowest BCUT2D eigenvalue weighted by Gasteiger charge is -2.16. The molecule has 1 aliphatic rings. The second kappa shape index (κ2) is 9.11. The lowest BCUT2D eigenvalue weighted by atomic mass is 10.1. The van der Waals surface area contributed by atoms with Crippen LogP contribution in [0.4, 0.5) is 11.8 Å². The highest BCUT2D eigenvalue weighted by atomic mass is 16.6. The number of anilines is 2. The maximum Gasteiger partial charge on any atom is 0.323 e. The standard InChI is InChI=1S/C22H25N7O6/c23-19-16-20(29(10-25-16)21-18(34)17(33)14(9-30)35-21)27-22(26-19)24-6-5-11-7-28(8-15(31)32)13-4-2-1-3-12(11)13/h1-4,7,10,14,17-18,21,30,33-34H,5-6,8-9H2,(H,31,32)(H3,23,24,26,27)/t14-,17?,18?,21-/m1/s1. The van der Waals surface area contributed by atoms with Gasteiger partial charge in [-0.15, -0.1) is 0 Å². The van der Waals surface area contributed by atoms with Crippen molar-refractivity contribution in [2.75, 3.05) is 24.2 Å². The third-order valence-electron chi connectivity index (χ3n) is 6.09. The minimum atomic E-state index is -1.29. The SMILES string of the molecule is Nc1nc(NCCc2cn(CC(=O)O)c3ccccc23)nc2c1ncn2[C@@H]1O[C@H](CO)C(O)C1O. The summed E-state index contributed by atoms with van der Waals surface area (Å²) in [5, 5.41) is 43.1. The fourth-order valence-corrected chi connectivity index (χ4v) is 4.42. The van der Waals surface area contributed by atoms with Crippen LogP contribution in [0.2, 0.25) is 0 Å². The van der Waals surface area contributed by atoms with Crippen LogP contribution in [-0.4, -0.2) is 81.9 Å². The lowest BCUT2D eigenvalue weighted by molar-refractivity contribution is -0.137. The Kier molecular flexibility index (Phi) is 5.98. The number of nitrogens with zero attached hydrogens (tertiary/aromatic N) is 5. The van der Waals surface area contributed by atoms with Crippen molar-refractivity contribution in [2.24, 2.45) is 0 Å². The molecule has 13 nitrogen and oxygen atoms in total. The number of fused-ring (bicyclic) bond motifs is 2. The van der Waals surface area contributed by atoms with Gasteiger partial charge in [-0.25, -0.2) is 4.98 Å². The largest absolute Gasteiger partial charge is 0.480 e. The second-order valence-electron chi connectivity index (χ2n) is 8.36. The number of rotatable bonds is 8. The number of nitrogens with one attached hydrogen (secondary N) is 1. The first kappa shape index (κ1) is 23.0. The van der Waals surface area contributed by atoms with Crippen LogP contribution < -0.4 is 11.1 Å². The summed E-state index contributed by atoms with van der Waals surface area (Å²) in [6.45, 7) is -0.142. The molecule has 1 aliphatic heterocycles. The Hall–Kier alpha value is -3.78. The average molecular weight is 483 g/mol. The summed E-state index contributed by atoms with van der Waals surface area (Å²) in [6, 6.07) is 7.60. The molecule has 0 radical (unpaired) electrons. The van der Waals surface area contributed by atoms with Crippen LogP contribution in [0.15, 0.2) is 36.8 Å². The first-order valence-electron chi connectivity index (χ1n) is 11.0. The van der Waals surface area contributed by atoms with E-state index in [1.807, 2.05) is 30.5 Å². The van der Waals surface area contributed by atoms with Crippen molar-refractivity contribution >= 4 is 39.8 Å². The van der Waals surface area contributed by atoms with Gasteiger partial charge in [0.1, 0.15) is 30.4 Å². The zero-order valence-electron chi connectivity index (χ0n) is 18.5. The number of nitrogen functional groups attached to an aromatic ring is 1. The first-order valence-corrected chi connectivity index (χ1v) is 11.0. The van der Waals surface area contributed by atoms with Crippen molar-refractivity contribution in [1.29, 1.82) is 0 Å². The van der Waals surface area contributed by atoms with Crippen LogP contribution >= 0.6 is 0 Å². The van der Waals surface area contributed by atoms with Gasteiger partial charge in [-0.3, -0.25) is 9.36 Å². The number of carboxylic acids is 1. The highest BCUT2D eigenvalue weighted by molar-refractivity contribution is 5.85. The third-order valence-corrected chi connectivity index (χ3v) is 6.09. The number of carbonyl (C=O) groups is 1. The van der Waals surface area contributed by atoms with E-state index in [1.165, 1.54) is 10.9 Å². The summed E-state index contributed by atoms with van der Waals surface area (Å²) in [5.74, 6) is -0.558. The number of hydrogen-bond acceptors (Lipinski definition) is 10. The Morgan fingerprint density at radius 1 is 1.20 bits per heavy atom. The Bertz CT molecular complexity index is 1390. The first-order chi connectivity index (χ1) is 16.9. The van der Waals surface area contributed by atoms with E-state index in [2.05, 4.69) is 20.3 Å². The summed E-state index contributed by atoms with van der Waals surface area (Å²) >= 11 is 0. The van der Waals surface area contributed by atoms with Crippen molar-refractivity contribution < 1.29 is 30.0 Å². The summed E-state index contributed by atoms with van der Waals surface area (Å²) in [6.07, 6.45) is -0.708. The molecule has 1 saturated heterocycles. The number of hydrogen-bond donors (Lipinski definition) is 6. The Morgan fingerprint density at radius 3 is 2.74 bits per heavy atom. The summed E-state index contributed by atoms with van der Waals surface area (Å²) in [5.41, 5.74) is 8.50. The number of benzene rings is 1. The monoisotopic (exact) mass is 483 g/mol. The minimum Gasteiger partial charge on any atom is -0.480 e. The minimum absolute atomic E-state index is 0.126. The number of aliphatic hydroxyl groups is 3. The Labute approximate surface area is 198 Å². The molecule has 4 atom stereocenters. The maximum atomic E-state index is 11.2.